The van der Waals surface area contributed by atoms with E-state index in [0.29, 0.717) is 12.4 Å². The van der Waals surface area contributed by atoms with Gasteiger partial charge in [-0.3, -0.25) is 9.97 Å². The molecule has 1 aliphatic heterocycles. The third-order valence-corrected chi connectivity index (χ3v) is 4.86. The summed E-state index contributed by atoms with van der Waals surface area (Å²) in [6.07, 6.45) is 5.67. The molecule has 1 N–H and O–H groups in total. The van der Waals surface area contributed by atoms with Crippen LogP contribution in [0.4, 0.5) is 5.82 Å². The molecule has 6 nitrogen and oxygen atoms in total. The van der Waals surface area contributed by atoms with Crippen LogP contribution in [0.15, 0.2) is 42.7 Å². The highest BCUT2D eigenvalue weighted by molar-refractivity contribution is 5.58. The summed E-state index contributed by atoms with van der Waals surface area (Å²) < 4.78 is 0. The van der Waals surface area contributed by atoms with Crippen LogP contribution in [0.1, 0.15) is 29.4 Å². The molecule has 27 heavy (non-hydrogen) atoms. The number of rotatable bonds is 5. The quantitative estimate of drug-likeness (QED) is 0.755. The molecule has 0 aliphatic carbocycles. The highest BCUT2D eigenvalue weighted by Crippen LogP contribution is 2.27. The Balaban J connectivity index is 1.69. The van der Waals surface area contributed by atoms with Crippen LogP contribution in [0.5, 0.6) is 0 Å². The van der Waals surface area contributed by atoms with Crippen LogP contribution in [0.2, 0.25) is 0 Å². The number of aromatic nitrogens is 4. The molecule has 0 unspecified atom stereocenters. The number of pyridine rings is 2. The van der Waals surface area contributed by atoms with Crippen molar-refractivity contribution < 1.29 is 0 Å². The molecule has 138 valence electrons. The second-order valence-corrected chi connectivity index (χ2v) is 6.81. The predicted octanol–water partition coefficient (Wildman–Crippen LogP) is 2.78. The first-order valence-corrected chi connectivity index (χ1v) is 9.41. The molecule has 6 heteroatoms. The Morgan fingerprint density at radius 3 is 2.78 bits per heavy atom. The van der Waals surface area contributed by atoms with E-state index in [2.05, 4.69) is 46.3 Å². The molecule has 0 amide bonds. The first kappa shape index (κ1) is 17.5. The Hall–Kier alpha value is -2.86. The molecule has 0 spiro atoms. The van der Waals surface area contributed by atoms with Gasteiger partial charge in [0.05, 0.1) is 17.9 Å². The van der Waals surface area contributed by atoms with Crippen LogP contribution < -0.4 is 10.2 Å². The molecule has 0 bridgehead atoms. The normalized spacial score (nSPS) is 13.3. The lowest BCUT2D eigenvalue weighted by Crippen LogP contribution is -2.29. The van der Waals surface area contributed by atoms with E-state index in [1.54, 1.807) is 6.20 Å². The van der Waals surface area contributed by atoms with Gasteiger partial charge in [0, 0.05) is 31.5 Å². The van der Waals surface area contributed by atoms with E-state index >= 15 is 0 Å². The van der Waals surface area contributed by atoms with E-state index in [-0.39, 0.29) is 0 Å². The molecule has 0 radical (unpaired) electrons. The molecular weight excluding hydrogens is 336 g/mol. The molecular formula is C21H24N6. The van der Waals surface area contributed by atoms with Gasteiger partial charge in [0.2, 0.25) is 0 Å². The van der Waals surface area contributed by atoms with Crippen LogP contribution in [-0.2, 0) is 25.9 Å². The monoisotopic (exact) mass is 360 g/mol. The van der Waals surface area contributed by atoms with Gasteiger partial charge in [-0.05, 0) is 43.1 Å². The molecule has 0 saturated carbocycles. The van der Waals surface area contributed by atoms with E-state index in [1.807, 2.05) is 24.4 Å². The van der Waals surface area contributed by atoms with Crippen molar-refractivity contribution in [2.45, 2.75) is 32.9 Å². The van der Waals surface area contributed by atoms with Crippen molar-refractivity contribution in [3.8, 4) is 11.5 Å². The number of nitrogens with one attached hydrogen (secondary N) is 1. The lowest BCUT2D eigenvalue weighted by Gasteiger charge is -2.26. The molecule has 0 atom stereocenters. The fourth-order valence-electron chi connectivity index (χ4n) is 3.34. The Morgan fingerprint density at radius 1 is 1.11 bits per heavy atom. The van der Waals surface area contributed by atoms with Gasteiger partial charge in [0.15, 0.2) is 5.82 Å². The summed E-state index contributed by atoms with van der Waals surface area (Å²) in [7, 11) is 2.07. The van der Waals surface area contributed by atoms with Crippen LogP contribution in [0, 0.1) is 0 Å². The molecule has 4 heterocycles. The second-order valence-electron chi connectivity index (χ2n) is 6.81. The van der Waals surface area contributed by atoms with E-state index in [0.717, 1.165) is 48.8 Å². The van der Waals surface area contributed by atoms with Crippen LogP contribution >= 0.6 is 0 Å². The molecule has 1 aliphatic rings. The number of fused-ring (bicyclic) bond motifs is 1. The molecule has 0 aromatic carbocycles. The average Bonchev–Trinajstić information content (AvgIpc) is 2.74. The lowest BCUT2D eigenvalue weighted by atomic mass is 10.1. The average molecular weight is 360 g/mol. The van der Waals surface area contributed by atoms with Crippen molar-refractivity contribution in [1.82, 2.24) is 25.3 Å². The van der Waals surface area contributed by atoms with Crippen molar-refractivity contribution in [3.63, 3.8) is 0 Å². The number of hydrogen-bond donors (Lipinski definition) is 1. The van der Waals surface area contributed by atoms with Crippen molar-refractivity contribution in [2.24, 2.45) is 0 Å². The maximum Gasteiger partial charge on any atom is 0.180 e. The summed E-state index contributed by atoms with van der Waals surface area (Å²) in [4.78, 5) is 20.9. The van der Waals surface area contributed by atoms with Gasteiger partial charge in [-0.1, -0.05) is 19.1 Å². The van der Waals surface area contributed by atoms with Gasteiger partial charge in [-0.25, -0.2) is 9.97 Å². The zero-order chi connectivity index (χ0) is 18.6. The van der Waals surface area contributed by atoms with Gasteiger partial charge in [0.1, 0.15) is 11.5 Å². The minimum absolute atomic E-state index is 0.675. The lowest BCUT2D eigenvalue weighted by molar-refractivity contribution is 0.621. The fourth-order valence-corrected chi connectivity index (χ4v) is 3.34. The van der Waals surface area contributed by atoms with E-state index < -0.39 is 0 Å². The zero-order valence-electron chi connectivity index (χ0n) is 15.8. The van der Waals surface area contributed by atoms with Gasteiger partial charge >= 0.3 is 0 Å². The van der Waals surface area contributed by atoms with Crippen molar-refractivity contribution in [2.75, 3.05) is 18.5 Å². The summed E-state index contributed by atoms with van der Waals surface area (Å²) in [5.74, 6) is 1.65. The number of anilines is 1. The smallest absolute Gasteiger partial charge is 0.180 e. The zero-order valence-corrected chi connectivity index (χ0v) is 15.8. The maximum absolute atomic E-state index is 4.88. The van der Waals surface area contributed by atoms with Gasteiger partial charge < -0.3 is 10.2 Å². The minimum atomic E-state index is 0.675. The number of aryl methyl sites for hydroxylation is 1. The first-order chi connectivity index (χ1) is 13.2. The summed E-state index contributed by atoms with van der Waals surface area (Å²) in [5.41, 5.74) is 5.37. The highest BCUT2D eigenvalue weighted by atomic mass is 15.2. The Morgan fingerprint density at radius 2 is 2.04 bits per heavy atom. The SMILES string of the molecule is CCc1ccc(CN(C)c2nc(-c3ccccn3)nc3c2CCNC3)nc1. The third kappa shape index (κ3) is 3.80. The molecule has 3 aromatic heterocycles. The van der Waals surface area contributed by atoms with Crippen molar-refractivity contribution in [3.05, 3.63) is 65.2 Å². The number of hydrogen-bond acceptors (Lipinski definition) is 6. The third-order valence-electron chi connectivity index (χ3n) is 4.86. The Labute approximate surface area is 159 Å². The topological polar surface area (TPSA) is 66.8 Å². The summed E-state index contributed by atoms with van der Waals surface area (Å²) in [5, 5.41) is 3.41. The van der Waals surface area contributed by atoms with Crippen LogP contribution in [-0.4, -0.2) is 33.5 Å². The second kappa shape index (κ2) is 7.80. The predicted molar refractivity (Wildman–Crippen MR) is 106 cm³/mol. The molecule has 0 fully saturated rings. The maximum atomic E-state index is 4.88. The summed E-state index contributed by atoms with van der Waals surface area (Å²) in [6.45, 7) is 4.57. The van der Waals surface area contributed by atoms with Crippen molar-refractivity contribution in [1.29, 1.82) is 0 Å². The number of nitrogens with zero attached hydrogens (tertiary/aromatic N) is 5. The Bertz CT molecular complexity index is 908. The largest absolute Gasteiger partial charge is 0.353 e. The molecule has 4 rings (SSSR count). The summed E-state index contributed by atoms with van der Waals surface area (Å²) >= 11 is 0. The standard InChI is InChI=1S/C21H24N6/c1-3-15-7-8-16(24-12-15)14-27(2)21-17-9-11-22-13-19(17)25-20(26-21)18-6-4-5-10-23-18/h4-8,10,12,22H,3,9,11,13-14H2,1-2H3. The van der Waals surface area contributed by atoms with E-state index in [4.69, 9.17) is 9.97 Å². The fraction of sp³-hybridized carbons (Fsp3) is 0.333. The van der Waals surface area contributed by atoms with Gasteiger partial charge in [0.25, 0.3) is 0 Å². The highest BCUT2D eigenvalue weighted by Gasteiger charge is 2.21. The minimum Gasteiger partial charge on any atom is -0.353 e. The van der Waals surface area contributed by atoms with Crippen LogP contribution in [0.3, 0.4) is 0 Å². The van der Waals surface area contributed by atoms with E-state index in [1.165, 1.54) is 11.1 Å². The van der Waals surface area contributed by atoms with Crippen LogP contribution in [0.25, 0.3) is 11.5 Å². The van der Waals surface area contributed by atoms with E-state index in [9.17, 15) is 0 Å². The molecule has 0 saturated heterocycles. The molecule has 3 aromatic rings. The van der Waals surface area contributed by atoms with Crippen molar-refractivity contribution >= 4 is 5.82 Å². The first-order valence-electron chi connectivity index (χ1n) is 9.41. The van der Waals surface area contributed by atoms with Gasteiger partial charge in [-0.2, -0.15) is 0 Å². The van der Waals surface area contributed by atoms with Gasteiger partial charge in [-0.15, -0.1) is 0 Å². The Kier molecular flexibility index (Phi) is 5.07. The summed E-state index contributed by atoms with van der Waals surface area (Å²) in [6, 6.07) is 10.1.